The summed E-state index contributed by atoms with van der Waals surface area (Å²) in [5.74, 6) is 0.989. The zero-order chi connectivity index (χ0) is 12.7. The molecule has 3 aliphatic rings. The van der Waals surface area contributed by atoms with E-state index in [0.29, 0.717) is 0 Å². The predicted molar refractivity (Wildman–Crippen MR) is 78.1 cm³/mol. The van der Waals surface area contributed by atoms with E-state index in [2.05, 4.69) is 40.2 Å². The molecular formula is C17H20N2. The van der Waals surface area contributed by atoms with E-state index in [1.54, 1.807) is 0 Å². The summed E-state index contributed by atoms with van der Waals surface area (Å²) < 4.78 is 0. The molecule has 1 aromatic carbocycles. The van der Waals surface area contributed by atoms with E-state index in [4.69, 9.17) is 0 Å². The minimum Gasteiger partial charge on any atom is -0.300 e. The standard InChI is InChI=1S/C17H20N2/c1-2-4-17-16(3-1)14(5-8-18-17)12-15-11-13-6-9-19(15)10-7-13/h1-5,8,13,15H,6-7,9-12H2. The molecule has 2 bridgehead atoms. The van der Waals surface area contributed by atoms with E-state index >= 15 is 0 Å². The van der Waals surface area contributed by atoms with Gasteiger partial charge in [-0.05, 0) is 62.4 Å². The summed E-state index contributed by atoms with van der Waals surface area (Å²) >= 11 is 0. The topological polar surface area (TPSA) is 16.1 Å². The van der Waals surface area contributed by atoms with Gasteiger partial charge in [0.25, 0.3) is 0 Å². The zero-order valence-corrected chi connectivity index (χ0v) is 11.3. The molecule has 1 aromatic heterocycles. The molecule has 4 heterocycles. The highest BCUT2D eigenvalue weighted by Gasteiger charge is 2.33. The largest absolute Gasteiger partial charge is 0.300 e. The average Bonchev–Trinajstić information content (AvgIpc) is 2.49. The summed E-state index contributed by atoms with van der Waals surface area (Å²) in [4.78, 5) is 7.17. The van der Waals surface area contributed by atoms with Crippen molar-refractivity contribution < 1.29 is 0 Å². The second-order valence-electron chi connectivity index (χ2n) is 6.06. The van der Waals surface area contributed by atoms with Crippen LogP contribution in [0.4, 0.5) is 0 Å². The van der Waals surface area contributed by atoms with Crippen LogP contribution in [0, 0.1) is 5.92 Å². The van der Waals surface area contributed by atoms with Crippen molar-refractivity contribution in [2.75, 3.05) is 13.1 Å². The van der Waals surface area contributed by atoms with Crippen LogP contribution in [-0.2, 0) is 6.42 Å². The number of fused-ring (bicyclic) bond motifs is 4. The van der Waals surface area contributed by atoms with Crippen LogP contribution in [0.2, 0.25) is 0 Å². The molecule has 3 aliphatic heterocycles. The summed E-state index contributed by atoms with van der Waals surface area (Å²) in [5, 5.41) is 1.34. The van der Waals surface area contributed by atoms with Gasteiger partial charge in [0, 0.05) is 17.6 Å². The number of para-hydroxylation sites is 1. The van der Waals surface area contributed by atoms with Gasteiger partial charge in [0.2, 0.25) is 0 Å². The quantitative estimate of drug-likeness (QED) is 0.815. The van der Waals surface area contributed by atoms with Crippen LogP contribution < -0.4 is 0 Å². The maximum absolute atomic E-state index is 4.47. The average molecular weight is 252 g/mol. The number of hydrogen-bond acceptors (Lipinski definition) is 2. The van der Waals surface area contributed by atoms with Gasteiger partial charge < -0.3 is 4.90 Å². The van der Waals surface area contributed by atoms with E-state index in [0.717, 1.165) is 17.5 Å². The monoisotopic (exact) mass is 252 g/mol. The van der Waals surface area contributed by atoms with Crippen LogP contribution in [0.1, 0.15) is 24.8 Å². The molecule has 3 saturated heterocycles. The van der Waals surface area contributed by atoms with Gasteiger partial charge in [-0.1, -0.05) is 18.2 Å². The van der Waals surface area contributed by atoms with E-state index < -0.39 is 0 Å². The Bertz CT molecular complexity index is 579. The second kappa shape index (κ2) is 4.61. The van der Waals surface area contributed by atoms with Gasteiger partial charge in [-0.25, -0.2) is 0 Å². The fraction of sp³-hybridized carbons (Fsp3) is 0.471. The molecule has 0 saturated carbocycles. The number of aromatic nitrogens is 1. The highest BCUT2D eigenvalue weighted by atomic mass is 15.2. The number of pyridine rings is 1. The minimum atomic E-state index is 0.762. The van der Waals surface area contributed by atoms with Gasteiger partial charge in [0.15, 0.2) is 0 Å². The van der Waals surface area contributed by atoms with Crippen LogP contribution in [0.15, 0.2) is 36.5 Å². The van der Waals surface area contributed by atoms with Gasteiger partial charge in [-0.3, -0.25) is 4.98 Å². The van der Waals surface area contributed by atoms with Crippen molar-refractivity contribution in [3.8, 4) is 0 Å². The summed E-state index contributed by atoms with van der Waals surface area (Å²) in [6.07, 6.45) is 7.41. The number of rotatable bonds is 2. The summed E-state index contributed by atoms with van der Waals surface area (Å²) in [7, 11) is 0. The van der Waals surface area contributed by atoms with Crippen molar-refractivity contribution in [1.82, 2.24) is 9.88 Å². The van der Waals surface area contributed by atoms with Crippen molar-refractivity contribution in [3.63, 3.8) is 0 Å². The molecule has 0 amide bonds. The van der Waals surface area contributed by atoms with Crippen molar-refractivity contribution in [2.24, 2.45) is 5.92 Å². The third-order valence-electron chi connectivity index (χ3n) is 4.97. The van der Waals surface area contributed by atoms with Crippen LogP contribution in [-0.4, -0.2) is 29.0 Å². The third-order valence-corrected chi connectivity index (χ3v) is 4.97. The Morgan fingerprint density at radius 1 is 1.11 bits per heavy atom. The Morgan fingerprint density at radius 3 is 2.74 bits per heavy atom. The smallest absolute Gasteiger partial charge is 0.0704 e. The molecule has 5 rings (SSSR count). The number of hydrogen-bond donors (Lipinski definition) is 0. The molecule has 98 valence electrons. The van der Waals surface area contributed by atoms with Crippen LogP contribution in [0.5, 0.6) is 0 Å². The fourth-order valence-electron chi connectivity index (χ4n) is 3.89. The van der Waals surface area contributed by atoms with Crippen LogP contribution >= 0.6 is 0 Å². The molecule has 19 heavy (non-hydrogen) atoms. The molecule has 0 radical (unpaired) electrons. The minimum absolute atomic E-state index is 0.762. The Morgan fingerprint density at radius 2 is 1.95 bits per heavy atom. The number of nitrogens with zero attached hydrogens (tertiary/aromatic N) is 2. The molecule has 0 aliphatic carbocycles. The molecule has 1 atom stereocenters. The van der Waals surface area contributed by atoms with Gasteiger partial charge in [0.05, 0.1) is 5.52 Å². The molecular weight excluding hydrogens is 232 g/mol. The first-order chi connectivity index (χ1) is 9.40. The zero-order valence-electron chi connectivity index (χ0n) is 11.3. The molecule has 0 spiro atoms. The molecule has 3 fully saturated rings. The van der Waals surface area contributed by atoms with E-state index in [1.165, 1.54) is 49.7 Å². The lowest BCUT2D eigenvalue weighted by Gasteiger charge is -2.45. The highest BCUT2D eigenvalue weighted by molar-refractivity contribution is 5.81. The maximum atomic E-state index is 4.47. The second-order valence-corrected chi connectivity index (χ2v) is 6.06. The molecule has 1 unspecified atom stereocenters. The lowest BCUT2D eigenvalue weighted by molar-refractivity contribution is 0.0500. The summed E-state index contributed by atoms with van der Waals surface area (Å²) in [6.45, 7) is 2.64. The fourth-order valence-corrected chi connectivity index (χ4v) is 3.89. The van der Waals surface area contributed by atoms with Crippen LogP contribution in [0.3, 0.4) is 0 Å². The highest BCUT2D eigenvalue weighted by Crippen LogP contribution is 2.34. The molecule has 2 aromatic rings. The Labute approximate surface area is 114 Å². The predicted octanol–water partition coefficient (Wildman–Crippen LogP) is 3.26. The SMILES string of the molecule is c1ccc2c(CC3CC4CCN3CC4)ccnc2c1. The molecule has 2 nitrogen and oxygen atoms in total. The summed E-state index contributed by atoms with van der Waals surface area (Å²) in [6, 6.07) is 11.5. The Kier molecular flexibility index (Phi) is 2.77. The van der Waals surface area contributed by atoms with Gasteiger partial charge in [-0.15, -0.1) is 0 Å². The number of piperidine rings is 3. The van der Waals surface area contributed by atoms with Crippen molar-refractivity contribution in [2.45, 2.75) is 31.7 Å². The Hall–Kier alpha value is -1.41. The molecule has 2 heteroatoms. The first-order valence-corrected chi connectivity index (χ1v) is 7.47. The van der Waals surface area contributed by atoms with Crippen molar-refractivity contribution >= 4 is 10.9 Å². The van der Waals surface area contributed by atoms with Crippen LogP contribution in [0.25, 0.3) is 10.9 Å². The van der Waals surface area contributed by atoms with Gasteiger partial charge in [-0.2, -0.15) is 0 Å². The van der Waals surface area contributed by atoms with E-state index in [-0.39, 0.29) is 0 Å². The van der Waals surface area contributed by atoms with Gasteiger partial charge in [0.1, 0.15) is 0 Å². The Balaban J connectivity index is 1.65. The lowest BCUT2D eigenvalue weighted by atomic mass is 9.81. The lowest BCUT2D eigenvalue weighted by Crippen LogP contribution is -2.49. The first kappa shape index (κ1) is 11.4. The molecule has 0 N–H and O–H groups in total. The van der Waals surface area contributed by atoms with Crippen molar-refractivity contribution in [3.05, 3.63) is 42.1 Å². The van der Waals surface area contributed by atoms with E-state index in [1.807, 2.05) is 6.20 Å². The van der Waals surface area contributed by atoms with Crippen molar-refractivity contribution in [1.29, 1.82) is 0 Å². The van der Waals surface area contributed by atoms with Gasteiger partial charge >= 0.3 is 0 Å². The first-order valence-electron chi connectivity index (χ1n) is 7.47. The number of benzene rings is 1. The maximum Gasteiger partial charge on any atom is 0.0704 e. The normalized spacial score (nSPS) is 29.8. The van der Waals surface area contributed by atoms with E-state index in [9.17, 15) is 0 Å². The third kappa shape index (κ3) is 2.04. The summed E-state index contributed by atoms with van der Waals surface area (Å²) in [5.41, 5.74) is 2.61.